The second kappa shape index (κ2) is 8.82. The first-order valence-electron chi connectivity index (χ1n) is 9.62. The van der Waals surface area contributed by atoms with Crippen LogP contribution in [0, 0.1) is 6.92 Å². The molecule has 7 nitrogen and oxygen atoms in total. The van der Waals surface area contributed by atoms with Crippen LogP contribution < -0.4 is 10.1 Å². The largest absolute Gasteiger partial charge is 0.495 e. The molecule has 1 aromatic carbocycles. The second-order valence-electron chi connectivity index (χ2n) is 6.88. The first kappa shape index (κ1) is 19.8. The van der Waals surface area contributed by atoms with Gasteiger partial charge in [-0.25, -0.2) is 9.97 Å². The number of carbonyl (C=O) groups excluding carboxylic acids is 2. The van der Waals surface area contributed by atoms with Gasteiger partial charge in [0.2, 0.25) is 5.91 Å². The van der Waals surface area contributed by atoms with E-state index in [0.717, 1.165) is 25.8 Å². The van der Waals surface area contributed by atoms with Crippen molar-refractivity contribution in [2.75, 3.05) is 19.0 Å². The van der Waals surface area contributed by atoms with Crippen molar-refractivity contribution in [1.29, 1.82) is 0 Å². The Balaban J connectivity index is 1.78. The van der Waals surface area contributed by atoms with E-state index in [1.807, 2.05) is 24.0 Å². The quantitative estimate of drug-likeness (QED) is 0.826. The van der Waals surface area contributed by atoms with Crippen LogP contribution in [0.2, 0.25) is 0 Å². The van der Waals surface area contributed by atoms with Gasteiger partial charge in [-0.15, -0.1) is 0 Å². The third-order valence-electron chi connectivity index (χ3n) is 4.93. The Morgan fingerprint density at radius 1 is 1.32 bits per heavy atom. The summed E-state index contributed by atoms with van der Waals surface area (Å²) in [6, 6.07) is 7.11. The van der Waals surface area contributed by atoms with Crippen molar-refractivity contribution in [3.63, 3.8) is 0 Å². The standard InChI is InChI=1S/C21H26N4O3/c1-4-8-19(26)25-12-7-10-17(25)20-22-13-15(14(2)23-20)21(27)24-16-9-5-6-11-18(16)28-3/h5-6,9,11,13,17H,4,7-8,10,12H2,1-3H3,(H,24,27)/t17-/m0/s1. The van der Waals surface area contributed by atoms with Gasteiger partial charge in [0.1, 0.15) is 5.75 Å². The van der Waals surface area contributed by atoms with Gasteiger partial charge in [0.25, 0.3) is 5.91 Å². The van der Waals surface area contributed by atoms with E-state index >= 15 is 0 Å². The summed E-state index contributed by atoms with van der Waals surface area (Å²) in [5.41, 5.74) is 1.58. The summed E-state index contributed by atoms with van der Waals surface area (Å²) in [6.45, 7) is 4.52. The Labute approximate surface area is 165 Å². The molecular weight excluding hydrogens is 356 g/mol. The Morgan fingerprint density at radius 2 is 2.11 bits per heavy atom. The highest BCUT2D eigenvalue weighted by atomic mass is 16.5. The van der Waals surface area contributed by atoms with Crippen LogP contribution in [0.3, 0.4) is 0 Å². The molecule has 2 amide bonds. The van der Waals surface area contributed by atoms with Crippen LogP contribution in [0.25, 0.3) is 0 Å². The molecule has 0 radical (unpaired) electrons. The normalized spacial score (nSPS) is 16.1. The Bertz CT molecular complexity index is 868. The molecule has 1 aliphatic heterocycles. The summed E-state index contributed by atoms with van der Waals surface area (Å²) < 4.78 is 5.27. The Kier molecular flexibility index (Phi) is 6.23. The van der Waals surface area contributed by atoms with Crippen LogP contribution in [0.5, 0.6) is 5.75 Å². The minimum atomic E-state index is -0.293. The highest BCUT2D eigenvalue weighted by molar-refractivity contribution is 6.05. The number of nitrogens with zero attached hydrogens (tertiary/aromatic N) is 3. The number of aryl methyl sites for hydroxylation is 1. The van der Waals surface area contributed by atoms with Crippen molar-refractivity contribution in [2.45, 2.75) is 45.6 Å². The van der Waals surface area contributed by atoms with E-state index in [4.69, 9.17) is 4.74 Å². The van der Waals surface area contributed by atoms with E-state index in [9.17, 15) is 9.59 Å². The zero-order valence-corrected chi connectivity index (χ0v) is 16.6. The van der Waals surface area contributed by atoms with Gasteiger partial charge in [-0.3, -0.25) is 9.59 Å². The smallest absolute Gasteiger partial charge is 0.259 e. The molecule has 1 atom stereocenters. The molecule has 7 heteroatoms. The molecule has 0 spiro atoms. The molecule has 1 fully saturated rings. The van der Waals surface area contributed by atoms with Gasteiger partial charge in [0, 0.05) is 19.2 Å². The zero-order chi connectivity index (χ0) is 20.1. The van der Waals surface area contributed by atoms with Crippen LogP contribution in [-0.2, 0) is 4.79 Å². The summed E-state index contributed by atoms with van der Waals surface area (Å²) in [5, 5.41) is 2.84. The molecule has 0 saturated carbocycles. The summed E-state index contributed by atoms with van der Waals surface area (Å²) in [7, 11) is 1.56. The molecule has 0 aliphatic carbocycles. The van der Waals surface area contributed by atoms with Crippen LogP contribution in [0.4, 0.5) is 5.69 Å². The first-order valence-corrected chi connectivity index (χ1v) is 9.62. The van der Waals surface area contributed by atoms with E-state index in [1.165, 1.54) is 0 Å². The van der Waals surface area contributed by atoms with Crippen LogP contribution >= 0.6 is 0 Å². The van der Waals surface area contributed by atoms with E-state index < -0.39 is 0 Å². The van der Waals surface area contributed by atoms with E-state index in [0.29, 0.717) is 34.9 Å². The molecule has 1 saturated heterocycles. The molecule has 1 aliphatic rings. The number of para-hydroxylation sites is 2. The fourth-order valence-corrected chi connectivity index (χ4v) is 3.50. The maximum atomic E-state index is 12.7. The van der Waals surface area contributed by atoms with Crippen LogP contribution in [-0.4, -0.2) is 40.3 Å². The number of rotatable bonds is 6. The lowest BCUT2D eigenvalue weighted by Gasteiger charge is -2.24. The second-order valence-corrected chi connectivity index (χ2v) is 6.88. The van der Waals surface area contributed by atoms with Crippen molar-refractivity contribution < 1.29 is 14.3 Å². The number of hydrogen-bond donors (Lipinski definition) is 1. The summed E-state index contributed by atoms with van der Waals surface area (Å²) >= 11 is 0. The van der Waals surface area contributed by atoms with Gasteiger partial charge < -0.3 is 15.0 Å². The first-order chi connectivity index (χ1) is 13.5. The molecule has 148 valence electrons. The predicted molar refractivity (Wildman–Crippen MR) is 106 cm³/mol. The summed E-state index contributed by atoms with van der Waals surface area (Å²) in [6.07, 6.45) is 4.70. The lowest BCUT2D eigenvalue weighted by Crippen LogP contribution is -2.31. The number of amides is 2. The monoisotopic (exact) mass is 382 g/mol. The highest BCUT2D eigenvalue weighted by Gasteiger charge is 2.31. The number of likely N-dealkylation sites (tertiary alicyclic amines) is 1. The molecule has 1 N–H and O–H groups in total. The predicted octanol–water partition coefficient (Wildman–Crippen LogP) is 3.51. The van der Waals surface area contributed by atoms with Gasteiger partial charge in [0.15, 0.2) is 5.82 Å². The molecule has 0 bridgehead atoms. The van der Waals surface area contributed by atoms with Gasteiger partial charge >= 0.3 is 0 Å². The molecule has 28 heavy (non-hydrogen) atoms. The van der Waals surface area contributed by atoms with Crippen molar-refractivity contribution in [3.05, 3.63) is 47.5 Å². The zero-order valence-electron chi connectivity index (χ0n) is 16.6. The highest BCUT2D eigenvalue weighted by Crippen LogP contribution is 2.31. The lowest BCUT2D eigenvalue weighted by atomic mass is 10.1. The fraction of sp³-hybridized carbons (Fsp3) is 0.429. The number of nitrogens with one attached hydrogen (secondary N) is 1. The van der Waals surface area contributed by atoms with Crippen molar-refractivity contribution in [3.8, 4) is 5.75 Å². The average Bonchev–Trinajstić information content (AvgIpc) is 3.18. The third-order valence-corrected chi connectivity index (χ3v) is 4.93. The van der Waals surface area contributed by atoms with Crippen molar-refractivity contribution in [2.24, 2.45) is 0 Å². The number of methoxy groups -OCH3 is 1. The van der Waals surface area contributed by atoms with Gasteiger partial charge in [0.05, 0.1) is 30.1 Å². The van der Waals surface area contributed by atoms with Crippen LogP contribution in [0.15, 0.2) is 30.5 Å². The van der Waals surface area contributed by atoms with Gasteiger partial charge in [-0.05, 0) is 38.3 Å². The average molecular weight is 382 g/mol. The molecular formula is C21H26N4O3. The van der Waals surface area contributed by atoms with Crippen molar-refractivity contribution in [1.82, 2.24) is 14.9 Å². The number of carbonyl (C=O) groups is 2. The molecule has 3 rings (SSSR count). The number of hydrogen-bond acceptors (Lipinski definition) is 5. The van der Waals surface area contributed by atoms with E-state index in [2.05, 4.69) is 15.3 Å². The summed E-state index contributed by atoms with van der Waals surface area (Å²) in [5.74, 6) is 1.04. The topological polar surface area (TPSA) is 84.4 Å². The number of ether oxygens (including phenoxy) is 1. The van der Waals surface area contributed by atoms with Gasteiger partial charge in [-0.1, -0.05) is 19.1 Å². The van der Waals surface area contributed by atoms with Crippen molar-refractivity contribution >= 4 is 17.5 Å². The Morgan fingerprint density at radius 3 is 2.82 bits per heavy atom. The molecule has 1 aromatic heterocycles. The minimum absolute atomic E-state index is 0.107. The number of anilines is 1. The fourth-order valence-electron chi connectivity index (χ4n) is 3.50. The van der Waals surface area contributed by atoms with E-state index in [1.54, 1.807) is 32.4 Å². The lowest BCUT2D eigenvalue weighted by molar-refractivity contribution is -0.132. The molecule has 0 unspecified atom stereocenters. The maximum Gasteiger partial charge on any atom is 0.259 e. The minimum Gasteiger partial charge on any atom is -0.495 e. The number of aromatic nitrogens is 2. The molecule has 2 aromatic rings. The summed E-state index contributed by atoms with van der Waals surface area (Å²) in [4.78, 5) is 35.9. The SMILES string of the molecule is CCCC(=O)N1CCC[C@H]1c1ncc(C(=O)Nc2ccccc2OC)c(C)n1. The Hall–Kier alpha value is -2.96. The third kappa shape index (κ3) is 4.13. The number of benzene rings is 1. The molecule has 2 heterocycles. The van der Waals surface area contributed by atoms with Gasteiger partial charge in [-0.2, -0.15) is 0 Å². The maximum absolute atomic E-state index is 12.7. The van der Waals surface area contributed by atoms with Crippen LogP contribution in [0.1, 0.15) is 60.5 Å². The van der Waals surface area contributed by atoms with E-state index in [-0.39, 0.29) is 17.9 Å².